The number of rotatable bonds is 6. The fourth-order valence-corrected chi connectivity index (χ4v) is 2.89. The Hall–Kier alpha value is -1.63. The zero-order valence-electron chi connectivity index (χ0n) is 12.7. The number of likely N-dealkylation sites (N-methyl/N-ethyl adjacent to an activating group) is 1. The molecule has 0 spiro atoms. The first-order chi connectivity index (χ1) is 10.5. The number of nitrogens with one attached hydrogen (secondary N) is 1. The summed E-state index contributed by atoms with van der Waals surface area (Å²) in [5, 5.41) is 6.27. The molecule has 1 aromatic carbocycles. The highest BCUT2D eigenvalue weighted by Crippen LogP contribution is 2.27. The molecule has 0 aliphatic heterocycles. The van der Waals surface area contributed by atoms with Crippen molar-refractivity contribution in [3.8, 4) is 5.75 Å². The first-order valence-corrected chi connectivity index (χ1v) is 8.00. The molecule has 0 saturated heterocycles. The average Bonchev–Trinajstić information content (AvgIpc) is 3.02. The van der Waals surface area contributed by atoms with Crippen LogP contribution in [-0.4, -0.2) is 36.5 Å². The number of halogens is 1. The lowest BCUT2D eigenvalue weighted by Gasteiger charge is -2.22. The Morgan fingerprint density at radius 2 is 2.32 bits per heavy atom. The van der Waals surface area contributed by atoms with Gasteiger partial charge in [0.05, 0.1) is 24.7 Å². The molecule has 0 aliphatic carbocycles. The molecule has 0 radical (unpaired) electrons. The predicted octanol–water partition coefficient (Wildman–Crippen LogP) is 3.44. The van der Waals surface area contributed by atoms with Crippen molar-refractivity contribution in [2.75, 3.05) is 26.0 Å². The van der Waals surface area contributed by atoms with Crippen LogP contribution >= 0.6 is 22.9 Å². The Kier molecular flexibility index (Phi) is 5.76. The maximum absolute atomic E-state index is 12.1. The number of thiazole rings is 1. The second kappa shape index (κ2) is 7.58. The van der Waals surface area contributed by atoms with Crippen LogP contribution in [0.4, 0.5) is 5.69 Å². The lowest BCUT2D eigenvalue weighted by molar-refractivity contribution is -0.117. The summed E-state index contributed by atoms with van der Waals surface area (Å²) in [5.41, 5.74) is 0.654. The van der Waals surface area contributed by atoms with E-state index in [4.69, 9.17) is 16.3 Å². The number of aromatic nitrogens is 1. The van der Waals surface area contributed by atoms with Crippen LogP contribution in [0.1, 0.15) is 18.0 Å². The maximum Gasteiger partial charge on any atom is 0.238 e. The van der Waals surface area contributed by atoms with Crippen molar-refractivity contribution in [2.45, 2.75) is 13.0 Å². The minimum Gasteiger partial charge on any atom is -0.495 e. The van der Waals surface area contributed by atoms with Gasteiger partial charge in [0.1, 0.15) is 10.8 Å². The second-order valence-corrected chi connectivity index (χ2v) is 6.19. The van der Waals surface area contributed by atoms with E-state index in [-0.39, 0.29) is 18.5 Å². The molecule has 22 heavy (non-hydrogen) atoms. The molecule has 0 bridgehead atoms. The number of amides is 1. The summed E-state index contributed by atoms with van der Waals surface area (Å²) in [6.45, 7) is 2.29. The molecule has 0 unspecified atom stereocenters. The predicted molar refractivity (Wildman–Crippen MR) is 89.8 cm³/mol. The van der Waals surface area contributed by atoms with Crippen molar-refractivity contribution < 1.29 is 9.53 Å². The Labute approximate surface area is 138 Å². The van der Waals surface area contributed by atoms with Crippen LogP contribution in [0.2, 0.25) is 5.02 Å². The highest BCUT2D eigenvalue weighted by molar-refractivity contribution is 7.09. The van der Waals surface area contributed by atoms with Crippen LogP contribution < -0.4 is 10.1 Å². The van der Waals surface area contributed by atoms with Crippen molar-refractivity contribution in [3.05, 3.63) is 39.8 Å². The Morgan fingerprint density at radius 3 is 2.95 bits per heavy atom. The van der Waals surface area contributed by atoms with E-state index < -0.39 is 0 Å². The van der Waals surface area contributed by atoms with Gasteiger partial charge in [-0.1, -0.05) is 11.6 Å². The molecule has 2 aromatic rings. The van der Waals surface area contributed by atoms with E-state index in [1.165, 1.54) is 7.11 Å². The van der Waals surface area contributed by atoms with Crippen LogP contribution in [-0.2, 0) is 4.79 Å². The number of benzene rings is 1. The van der Waals surface area contributed by atoms with Crippen LogP contribution in [0, 0.1) is 0 Å². The summed E-state index contributed by atoms with van der Waals surface area (Å²) in [7, 11) is 3.43. The number of carbonyl (C=O) groups is 1. The zero-order chi connectivity index (χ0) is 16.1. The van der Waals surface area contributed by atoms with Crippen molar-refractivity contribution in [2.24, 2.45) is 0 Å². The van der Waals surface area contributed by atoms with Gasteiger partial charge in [-0.15, -0.1) is 11.3 Å². The summed E-state index contributed by atoms with van der Waals surface area (Å²) < 4.78 is 5.13. The number of anilines is 1. The van der Waals surface area contributed by atoms with E-state index in [1.807, 2.05) is 24.3 Å². The van der Waals surface area contributed by atoms with E-state index in [0.717, 1.165) is 5.01 Å². The SMILES string of the molecule is COc1cc(NC(=O)CN(C)[C@H](C)c2nccs2)ccc1Cl. The highest BCUT2D eigenvalue weighted by Gasteiger charge is 2.17. The number of nitrogens with zero attached hydrogens (tertiary/aromatic N) is 2. The number of hydrogen-bond donors (Lipinski definition) is 1. The smallest absolute Gasteiger partial charge is 0.238 e. The van der Waals surface area contributed by atoms with Gasteiger partial charge >= 0.3 is 0 Å². The van der Waals surface area contributed by atoms with Gasteiger partial charge < -0.3 is 10.1 Å². The first-order valence-electron chi connectivity index (χ1n) is 6.74. The van der Waals surface area contributed by atoms with Crippen LogP contribution in [0.5, 0.6) is 5.75 Å². The molecular weight excluding hydrogens is 322 g/mol. The fourth-order valence-electron chi connectivity index (χ4n) is 1.93. The zero-order valence-corrected chi connectivity index (χ0v) is 14.2. The average molecular weight is 340 g/mol. The van der Waals surface area contributed by atoms with Crippen molar-refractivity contribution in [3.63, 3.8) is 0 Å². The standard InChI is InChI=1S/C15H18ClN3O2S/c1-10(15-17-6-7-22-15)19(2)9-14(20)18-11-4-5-12(16)13(8-11)21-3/h4-8,10H,9H2,1-3H3,(H,18,20)/t10-/m1/s1. The Bertz CT molecular complexity index is 634. The van der Waals surface area contributed by atoms with Crippen LogP contribution in [0.3, 0.4) is 0 Å². The first kappa shape index (κ1) is 16.7. The molecule has 118 valence electrons. The lowest BCUT2D eigenvalue weighted by Crippen LogP contribution is -2.32. The van der Waals surface area contributed by atoms with Crippen molar-refractivity contribution >= 4 is 34.5 Å². The second-order valence-electron chi connectivity index (χ2n) is 4.86. The van der Waals surface area contributed by atoms with Crippen molar-refractivity contribution in [1.82, 2.24) is 9.88 Å². The number of hydrogen-bond acceptors (Lipinski definition) is 5. The van der Waals surface area contributed by atoms with Gasteiger partial charge in [-0.3, -0.25) is 9.69 Å². The molecule has 1 atom stereocenters. The summed E-state index contributed by atoms with van der Waals surface area (Å²) in [5.74, 6) is 0.430. The largest absolute Gasteiger partial charge is 0.495 e. The molecule has 5 nitrogen and oxygen atoms in total. The van der Waals surface area contributed by atoms with Crippen LogP contribution in [0.15, 0.2) is 29.8 Å². The van der Waals surface area contributed by atoms with Gasteiger partial charge in [-0.25, -0.2) is 4.98 Å². The number of methoxy groups -OCH3 is 1. The summed E-state index contributed by atoms with van der Waals surface area (Å²) >= 11 is 7.55. The minimum absolute atomic E-state index is 0.0884. The molecule has 1 amide bonds. The van der Waals surface area contributed by atoms with Gasteiger partial charge in [0.15, 0.2) is 0 Å². The third-order valence-electron chi connectivity index (χ3n) is 3.30. The molecule has 0 aliphatic rings. The van der Waals surface area contributed by atoms with E-state index in [2.05, 4.69) is 10.3 Å². The van der Waals surface area contributed by atoms with Crippen LogP contribution in [0.25, 0.3) is 0 Å². The van der Waals surface area contributed by atoms with E-state index in [9.17, 15) is 4.79 Å². The van der Waals surface area contributed by atoms with Gasteiger partial charge in [0.25, 0.3) is 0 Å². The molecule has 7 heteroatoms. The monoisotopic (exact) mass is 339 g/mol. The highest BCUT2D eigenvalue weighted by atomic mass is 35.5. The molecule has 1 N–H and O–H groups in total. The van der Waals surface area contributed by atoms with Crippen molar-refractivity contribution in [1.29, 1.82) is 0 Å². The van der Waals surface area contributed by atoms with Gasteiger partial charge in [0.2, 0.25) is 5.91 Å². The normalized spacial score (nSPS) is 12.2. The van der Waals surface area contributed by atoms with Gasteiger partial charge in [-0.2, -0.15) is 0 Å². The van der Waals surface area contributed by atoms with E-state index in [0.29, 0.717) is 16.5 Å². The van der Waals surface area contributed by atoms with E-state index in [1.54, 1.807) is 35.7 Å². The third-order valence-corrected chi connectivity index (χ3v) is 4.56. The Balaban J connectivity index is 1.95. The Morgan fingerprint density at radius 1 is 1.55 bits per heavy atom. The van der Waals surface area contributed by atoms with Gasteiger partial charge in [-0.05, 0) is 26.1 Å². The van der Waals surface area contributed by atoms with E-state index >= 15 is 0 Å². The lowest BCUT2D eigenvalue weighted by atomic mass is 10.3. The maximum atomic E-state index is 12.1. The fraction of sp³-hybridized carbons (Fsp3) is 0.333. The summed E-state index contributed by atoms with van der Waals surface area (Å²) in [6.07, 6.45) is 1.77. The molecule has 1 aromatic heterocycles. The summed E-state index contributed by atoms with van der Waals surface area (Å²) in [4.78, 5) is 18.4. The number of ether oxygens (including phenoxy) is 1. The molecule has 2 rings (SSSR count). The number of carbonyl (C=O) groups excluding carboxylic acids is 1. The molecule has 1 heterocycles. The molecular formula is C15H18ClN3O2S. The third kappa shape index (κ3) is 4.19. The molecule has 0 fully saturated rings. The van der Waals surface area contributed by atoms with Gasteiger partial charge in [0, 0.05) is 23.3 Å². The summed E-state index contributed by atoms with van der Waals surface area (Å²) in [6, 6.07) is 5.22. The molecule has 0 saturated carbocycles. The topological polar surface area (TPSA) is 54.5 Å². The quantitative estimate of drug-likeness (QED) is 0.876. The minimum atomic E-state index is -0.102.